The molecule has 0 amide bonds. The van der Waals surface area contributed by atoms with Gasteiger partial charge in [0.05, 0.1) is 6.61 Å². The van der Waals surface area contributed by atoms with Crippen molar-refractivity contribution in [3.63, 3.8) is 0 Å². The highest BCUT2D eigenvalue weighted by atomic mass is 16.5. The van der Waals surface area contributed by atoms with E-state index in [9.17, 15) is 4.79 Å². The van der Waals surface area contributed by atoms with Crippen molar-refractivity contribution in [3.05, 3.63) is 36.7 Å². The van der Waals surface area contributed by atoms with E-state index in [4.69, 9.17) is 4.74 Å². The maximum absolute atomic E-state index is 11.1. The van der Waals surface area contributed by atoms with Gasteiger partial charge in [0.2, 0.25) is 0 Å². The van der Waals surface area contributed by atoms with Crippen LogP contribution in [-0.4, -0.2) is 12.6 Å². The van der Waals surface area contributed by atoms with E-state index in [0.29, 0.717) is 6.61 Å². The lowest BCUT2D eigenvalue weighted by atomic mass is 10.2. The molecule has 0 fully saturated rings. The van der Waals surface area contributed by atoms with Crippen molar-refractivity contribution in [1.29, 1.82) is 0 Å². The van der Waals surface area contributed by atoms with E-state index in [1.54, 1.807) is 19.2 Å². The number of carbonyl (C=O) groups is 1. The van der Waals surface area contributed by atoms with Gasteiger partial charge in [-0.1, -0.05) is 26.2 Å². The first-order valence-corrected chi connectivity index (χ1v) is 4.59. The van der Waals surface area contributed by atoms with Gasteiger partial charge in [-0.05, 0) is 18.9 Å². The van der Waals surface area contributed by atoms with Gasteiger partial charge in [-0.3, -0.25) is 0 Å². The van der Waals surface area contributed by atoms with Gasteiger partial charge in [0.25, 0.3) is 0 Å². The van der Waals surface area contributed by atoms with Crippen molar-refractivity contribution in [2.24, 2.45) is 0 Å². The van der Waals surface area contributed by atoms with E-state index in [1.165, 1.54) is 0 Å². The van der Waals surface area contributed by atoms with Crippen LogP contribution in [0.2, 0.25) is 0 Å². The Morgan fingerprint density at radius 2 is 2.14 bits per heavy atom. The monoisotopic (exact) mass is 195 g/mol. The Morgan fingerprint density at radius 3 is 2.57 bits per heavy atom. The molecule has 0 aliphatic heterocycles. The molecule has 3 heteroatoms. The lowest BCUT2D eigenvalue weighted by molar-refractivity contribution is -0.138. The van der Waals surface area contributed by atoms with E-state index < -0.39 is 5.97 Å². The van der Waals surface area contributed by atoms with Crippen LogP contribution in [-0.2, 0) is 9.53 Å². The maximum atomic E-state index is 11.1. The summed E-state index contributed by atoms with van der Waals surface area (Å²) in [6, 6.07) is 0. The van der Waals surface area contributed by atoms with E-state index in [1.807, 2.05) is 6.92 Å². The van der Waals surface area contributed by atoms with Gasteiger partial charge in [0, 0.05) is 6.20 Å². The lowest BCUT2D eigenvalue weighted by Gasteiger charge is -2.05. The average Bonchev–Trinajstić information content (AvgIpc) is 2.19. The van der Waals surface area contributed by atoms with Crippen LogP contribution in [0, 0.1) is 0 Å². The van der Waals surface area contributed by atoms with Crippen LogP contribution >= 0.6 is 0 Å². The van der Waals surface area contributed by atoms with Gasteiger partial charge in [-0.25, -0.2) is 4.79 Å². The van der Waals surface area contributed by atoms with Crippen molar-refractivity contribution in [2.75, 3.05) is 6.61 Å². The van der Waals surface area contributed by atoms with Crippen LogP contribution in [0.3, 0.4) is 0 Å². The highest BCUT2D eigenvalue weighted by Gasteiger charge is 2.04. The summed E-state index contributed by atoms with van der Waals surface area (Å²) in [5.41, 5.74) is 1.25. The summed E-state index contributed by atoms with van der Waals surface area (Å²) in [5, 5.41) is 2.77. The molecule has 0 radical (unpaired) electrons. The fourth-order valence-corrected chi connectivity index (χ4v) is 0.762. The number of esters is 1. The largest absolute Gasteiger partial charge is 0.461 e. The van der Waals surface area contributed by atoms with Gasteiger partial charge < -0.3 is 10.1 Å². The number of hydrogen-bond donors (Lipinski definition) is 1. The quantitative estimate of drug-likeness (QED) is 0.401. The van der Waals surface area contributed by atoms with Crippen LogP contribution in [0.15, 0.2) is 36.7 Å². The second kappa shape index (κ2) is 6.95. The van der Waals surface area contributed by atoms with Crippen molar-refractivity contribution in [3.8, 4) is 0 Å². The SMILES string of the molecule is C=C/C(=C/NC(=C)C(=O)OCC)CC. The number of ether oxygens (including phenoxy) is 1. The highest BCUT2D eigenvalue weighted by molar-refractivity contribution is 5.87. The molecular formula is C11H17NO2. The number of rotatable bonds is 6. The molecular weight excluding hydrogens is 178 g/mol. The minimum absolute atomic E-state index is 0.236. The Balaban J connectivity index is 4.12. The molecule has 0 bridgehead atoms. The zero-order chi connectivity index (χ0) is 11.0. The average molecular weight is 195 g/mol. The fourth-order valence-electron chi connectivity index (χ4n) is 0.762. The molecule has 0 heterocycles. The van der Waals surface area contributed by atoms with Gasteiger partial charge in [-0.15, -0.1) is 0 Å². The Hall–Kier alpha value is -1.51. The van der Waals surface area contributed by atoms with E-state index >= 15 is 0 Å². The van der Waals surface area contributed by atoms with Crippen molar-refractivity contribution in [1.82, 2.24) is 5.32 Å². The number of carbonyl (C=O) groups excluding carboxylic acids is 1. The standard InChI is InChI=1S/C11H17NO2/c1-5-10(6-2)8-12-9(4)11(13)14-7-3/h5,8,12H,1,4,6-7H2,2-3H3/b10-8-. The Labute approximate surface area is 85.1 Å². The second-order valence-corrected chi connectivity index (χ2v) is 2.62. The predicted molar refractivity (Wildman–Crippen MR) is 57.5 cm³/mol. The molecule has 0 aromatic rings. The van der Waals surface area contributed by atoms with Crippen molar-refractivity contribution < 1.29 is 9.53 Å². The Kier molecular flexibility index (Phi) is 6.20. The van der Waals surface area contributed by atoms with Gasteiger partial charge >= 0.3 is 5.97 Å². The molecule has 0 aromatic carbocycles. The second-order valence-electron chi connectivity index (χ2n) is 2.62. The molecule has 0 aromatic heterocycles. The number of nitrogens with one attached hydrogen (secondary N) is 1. The van der Waals surface area contributed by atoms with Gasteiger partial charge in [0.15, 0.2) is 0 Å². The molecule has 0 saturated heterocycles. The molecule has 1 N–H and O–H groups in total. The van der Waals surface area contributed by atoms with Crippen molar-refractivity contribution >= 4 is 5.97 Å². The van der Waals surface area contributed by atoms with Crippen LogP contribution in [0.5, 0.6) is 0 Å². The third-order valence-electron chi connectivity index (χ3n) is 1.62. The smallest absolute Gasteiger partial charge is 0.354 e. The minimum Gasteiger partial charge on any atom is -0.461 e. The third kappa shape index (κ3) is 4.50. The molecule has 0 atom stereocenters. The molecule has 14 heavy (non-hydrogen) atoms. The number of allylic oxidation sites excluding steroid dienone is 2. The highest BCUT2D eigenvalue weighted by Crippen LogP contribution is 2.00. The molecule has 3 nitrogen and oxygen atoms in total. The summed E-state index contributed by atoms with van der Waals surface area (Å²) < 4.78 is 4.75. The number of hydrogen-bond acceptors (Lipinski definition) is 3. The van der Waals surface area contributed by atoms with Crippen LogP contribution in [0.1, 0.15) is 20.3 Å². The third-order valence-corrected chi connectivity index (χ3v) is 1.62. The molecule has 0 aliphatic carbocycles. The van der Waals surface area contributed by atoms with Crippen LogP contribution < -0.4 is 5.32 Å². The molecule has 0 rings (SSSR count). The van der Waals surface area contributed by atoms with Crippen molar-refractivity contribution in [2.45, 2.75) is 20.3 Å². The van der Waals surface area contributed by atoms with E-state index in [2.05, 4.69) is 18.5 Å². The van der Waals surface area contributed by atoms with Crippen LogP contribution in [0.4, 0.5) is 0 Å². The minimum atomic E-state index is -0.428. The summed E-state index contributed by atoms with van der Waals surface area (Å²) in [6.45, 7) is 11.3. The first-order valence-electron chi connectivity index (χ1n) is 4.59. The summed E-state index contributed by atoms with van der Waals surface area (Å²) in [5.74, 6) is -0.428. The lowest BCUT2D eigenvalue weighted by Crippen LogP contribution is -2.17. The molecule has 0 aliphatic rings. The first-order chi connectivity index (χ1) is 6.65. The van der Waals surface area contributed by atoms with E-state index in [-0.39, 0.29) is 5.70 Å². The summed E-state index contributed by atoms with van der Waals surface area (Å²) in [4.78, 5) is 11.1. The predicted octanol–water partition coefficient (Wildman–Crippen LogP) is 2.13. The Bertz CT molecular complexity index is 254. The van der Waals surface area contributed by atoms with Gasteiger partial charge in [0.1, 0.15) is 5.70 Å². The summed E-state index contributed by atoms with van der Waals surface area (Å²) >= 11 is 0. The Morgan fingerprint density at radius 1 is 1.50 bits per heavy atom. The summed E-state index contributed by atoms with van der Waals surface area (Å²) in [6.07, 6.45) is 4.28. The summed E-state index contributed by atoms with van der Waals surface area (Å²) in [7, 11) is 0. The zero-order valence-corrected chi connectivity index (χ0v) is 8.80. The molecule has 0 saturated carbocycles. The first kappa shape index (κ1) is 12.5. The van der Waals surface area contributed by atoms with Crippen LogP contribution in [0.25, 0.3) is 0 Å². The normalized spacial score (nSPS) is 10.6. The topological polar surface area (TPSA) is 38.3 Å². The zero-order valence-electron chi connectivity index (χ0n) is 8.80. The molecule has 0 spiro atoms. The molecule has 0 unspecified atom stereocenters. The maximum Gasteiger partial charge on any atom is 0.354 e. The molecule has 78 valence electrons. The van der Waals surface area contributed by atoms with Gasteiger partial charge in [-0.2, -0.15) is 0 Å². The van der Waals surface area contributed by atoms with E-state index in [0.717, 1.165) is 12.0 Å². The fraction of sp³-hybridized carbons (Fsp3) is 0.364.